The van der Waals surface area contributed by atoms with E-state index in [1.165, 1.54) is 45.6 Å². The van der Waals surface area contributed by atoms with E-state index in [-0.39, 0.29) is 28.7 Å². The van der Waals surface area contributed by atoms with Crippen LogP contribution >= 0.6 is 0 Å². The Balaban J connectivity index is 2.07. The summed E-state index contributed by atoms with van der Waals surface area (Å²) in [5.41, 5.74) is 0.432. The van der Waals surface area contributed by atoms with Crippen molar-refractivity contribution in [3.8, 4) is 23.1 Å². The molecule has 1 N–H and O–H groups in total. The first-order valence-electron chi connectivity index (χ1n) is 8.75. The van der Waals surface area contributed by atoms with E-state index < -0.39 is 11.8 Å². The highest BCUT2D eigenvalue weighted by Crippen LogP contribution is 2.26. The number of methoxy groups -OCH3 is 3. The minimum atomic E-state index is -0.661. The van der Waals surface area contributed by atoms with Crippen LogP contribution in [0.3, 0.4) is 0 Å². The predicted octanol–water partition coefficient (Wildman–Crippen LogP) is 2.70. The average molecular weight is 409 g/mol. The molecule has 2 aromatic carbocycles. The number of anilines is 1. The number of carbonyl (C=O) groups is 2. The zero-order valence-electron chi connectivity index (χ0n) is 16.5. The number of carbonyl (C=O) groups excluding carboxylic acids is 2. The van der Waals surface area contributed by atoms with Gasteiger partial charge in [-0.15, -0.1) is 0 Å². The molecule has 154 valence electrons. The van der Waals surface area contributed by atoms with Crippen molar-refractivity contribution in [1.82, 2.24) is 9.97 Å². The molecule has 9 nitrogen and oxygen atoms in total. The second-order valence-electron chi connectivity index (χ2n) is 5.97. The lowest BCUT2D eigenvalue weighted by Gasteiger charge is -2.20. The minimum absolute atomic E-state index is 0.171. The van der Waals surface area contributed by atoms with Crippen LogP contribution in [0, 0.1) is 0 Å². The van der Waals surface area contributed by atoms with Crippen molar-refractivity contribution in [2.24, 2.45) is 0 Å². The monoisotopic (exact) mass is 409 g/mol. The summed E-state index contributed by atoms with van der Waals surface area (Å²) in [5, 5.41) is 9.78. The van der Waals surface area contributed by atoms with E-state index in [2.05, 4.69) is 9.97 Å². The van der Waals surface area contributed by atoms with E-state index in [0.29, 0.717) is 11.5 Å². The maximum atomic E-state index is 13.2. The van der Waals surface area contributed by atoms with Crippen molar-refractivity contribution in [3.63, 3.8) is 0 Å². The molecule has 3 aromatic rings. The zero-order chi connectivity index (χ0) is 21.7. The third kappa shape index (κ3) is 4.14. The first-order valence-corrected chi connectivity index (χ1v) is 8.75. The Morgan fingerprint density at radius 2 is 1.27 bits per heavy atom. The molecule has 0 aliphatic rings. The van der Waals surface area contributed by atoms with Crippen LogP contribution in [0.15, 0.2) is 54.7 Å². The van der Waals surface area contributed by atoms with Gasteiger partial charge in [-0.1, -0.05) is 0 Å². The molecule has 0 unspecified atom stereocenters. The van der Waals surface area contributed by atoms with Gasteiger partial charge in [0.15, 0.2) is 5.75 Å². The lowest BCUT2D eigenvalue weighted by molar-refractivity contribution is 0.0895. The van der Waals surface area contributed by atoms with Gasteiger partial charge in [0.1, 0.15) is 11.5 Å². The number of hydrogen-bond donors (Lipinski definition) is 1. The van der Waals surface area contributed by atoms with Gasteiger partial charge in [-0.3, -0.25) is 9.59 Å². The number of aromatic hydroxyl groups is 1. The first-order chi connectivity index (χ1) is 14.5. The number of benzene rings is 2. The molecule has 0 radical (unpaired) electrons. The van der Waals surface area contributed by atoms with Crippen LogP contribution in [-0.4, -0.2) is 48.2 Å². The SMILES string of the molecule is COc1ccc(C(=O)N(C(=O)c2ccc(OC)cc2)c2ncc(O)c(OC)n2)cc1. The number of imide groups is 1. The zero-order valence-corrected chi connectivity index (χ0v) is 16.5. The normalized spacial score (nSPS) is 10.2. The number of ether oxygens (including phenoxy) is 3. The average Bonchev–Trinajstić information content (AvgIpc) is 2.80. The number of amides is 2. The molecule has 0 fully saturated rings. The highest BCUT2D eigenvalue weighted by molar-refractivity contribution is 6.25. The molecule has 9 heteroatoms. The van der Waals surface area contributed by atoms with Crippen molar-refractivity contribution in [1.29, 1.82) is 0 Å². The number of aromatic nitrogens is 2. The highest BCUT2D eigenvalue weighted by atomic mass is 16.5. The highest BCUT2D eigenvalue weighted by Gasteiger charge is 2.29. The topological polar surface area (TPSA) is 111 Å². The molecule has 2 amide bonds. The van der Waals surface area contributed by atoms with Crippen LogP contribution in [0.25, 0.3) is 0 Å². The van der Waals surface area contributed by atoms with Gasteiger partial charge < -0.3 is 19.3 Å². The van der Waals surface area contributed by atoms with Gasteiger partial charge in [0.05, 0.1) is 27.5 Å². The Morgan fingerprint density at radius 3 is 1.67 bits per heavy atom. The molecule has 0 aliphatic carbocycles. The van der Waals surface area contributed by atoms with Gasteiger partial charge in [0.25, 0.3) is 17.7 Å². The van der Waals surface area contributed by atoms with Gasteiger partial charge >= 0.3 is 0 Å². The van der Waals surface area contributed by atoms with E-state index in [1.807, 2.05) is 0 Å². The van der Waals surface area contributed by atoms with Crippen LogP contribution < -0.4 is 19.1 Å². The molecule has 0 bridgehead atoms. The van der Waals surface area contributed by atoms with Gasteiger partial charge in [-0.25, -0.2) is 9.88 Å². The standard InChI is InChI=1S/C21H19N3O6/c1-28-15-8-4-13(5-9-15)19(26)24(21-22-12-17(25)18(23-21)30-3)20(27)14-6-10-16(29-2)11-7-14/h4-12,25H,1-3H3. The summed E-state index contributed by atoms with van der Waals surface area (Å²) in [6.45, 7) is 0. The molecule has 3 rings (SSSR count). The van der Waals surface area contributed by atoms with Crippen molar-refractivity contribution < 1.29 is 28.9 Å². The summed E-state index contributed by atoms with van der Waals surface area (Å²) in [4.78, 5) is 35.2. The summed E-state index contributed by atoms with van der Waals surface area (Å²) in [7, 11) is 4.31. The Labute approximate surface area is 172 Å². The fourth-order valence-electron chi connectivity index (χ4n) is 2.61. The molecule has 0 aliphatic heterocycles. The van der Waals surface area contributed by atoms with E-state index in [4.69, 9.17) is 14.2 Å². The fourth-order valence-corrected chi connectivity index (χ4v) is 2.61. The summed E-state index contributed by atoms with van der Waals surface area (Å²) >= 11 is 0. The summed E-state index contributed by atoms with van der Waals surface area (Å²) in [6, 6.07) is 12.5. The van der Waals surface area contributed by atoms with Crippen molar-refractivity contribution in [2.45, 2.75) is 0 Å². The fraction of sp³-hybridized carbons (Fsp3) is 0.143. The number of nitrogens with zero attached hydrogens (tertiary/aromatic N) is 3. The Hall–Kier alpha value is -4.14. The molecule has 1 aromatic heterocycles. The van der Waals surface area contributed by atoms with Crippen LogP contribution in [0.2, 0.25) is 0 Å². The van der Waals surface area contributed by atoms with Gasteiger partial charge in [-0.2, -0.15) is 4.98 Å². The van der Waals surface area contributed by atoms with Crippen LogP contribution in [-0.2, 0) is 0 Å². The maximum Gasteiger partial charge on any atom is 0.267 e. The Morgan fingerprint density at radius 1 is 0.800 bits per heavy atom. The van der Waals surface area contributed by atoms with Gasteiger partial charge in [-0.05, 0) is 48.5 Å². The van der Waals surface area contributed by atoms with E-state index in [9.17, 15) is 14.7 Å². The van der Waals surface area contributed by atoms with Crippen molar-refractivity contribution in [3.05, 3.63) is 65.9 Å². The van der Waals surface area contributed by atoms with Crippen LogP contribution in [0.1, 0.15) is 20.7 Å². The van der Waals surface area contributed by atoms with Crippen molar-refractivity contribution in [2.75, 3.05) is 26.2 Å². The van der Waals surface area contributed by atoms with E-state index >= 15 is 0 Å². The summed E-state index contributed by atoms with van der Waals surface area (Å²) in [6.07, 6.45) is 1.05. The molecule has 30 heavy (non-hydrogen) atoms. The molecule has 0 saturated heterocycles. The quantitative estimate of drug-likeness (QED) is 0.619. The van der Waals surface area contributed by atoms with Crippen LogP contribution in [0.5, 0.6) is 23.1 Å². The van der Waals surface area contributed by atoms with Gasteiger partial charge in [0.2, 0.25) is 5.95 Å². The summed E-state index contributed by atoms with van der Waals surface area (Å²) < 4.78 is 15.2. The number of hydrogen-bond acceptors (Lipinski definition) is 8. The Kier molecular flexibility index (Phi) is 6.11. The van der Waals surface area contributed by atoms with Crippen molar-refractivity contribution >= 4 is 17.8 Å². The molecule has 0 spiro atoms. The second-order valence-corrected chi connectivity index (χ2v) is 5.97. The van der Waals surface area contributed by atoms with E-state index in [0.717, 1.165) is 11.1 Å². The largest absolute Gasteiger partial charge is 0.502 e. The lowest BCUT2D eigenvalue weighted by Crippen LogP contribution is -2.38. The third-order valence-corrected chi connectivity index (χ3v) is 4.20. The molecular weight excluding hydrogens is 390 g/mol. The minimum Gasteiger partial charge on any atom is -0.502 e. The molecule has 1 heterocycles. The third-order valence-electron chi connectivity index (χ3n) is 4.20. The first kappa shape index (κ1) is 20.6. The number of rotatable bonds is 6. The predicted molar refractivity (Wildman–Crippen MR) is 107 cm³/mol. The molecular formula is C21H19N3O6. The second kappa shape index (κ2) is 8.91. The molecule has 0 atom stereocenters. The molecule has 0 saturated carbocycles. The summed E-state index contributed by atoms with van der Waals surface area (Å²) in [5.74, 6) is -0.946. The Bertz CT molecular complexity index is 992. The van der Waals surface area contributed by atoms with Crippen LogP contribution in [0.4, 0.5) is 5.95 Å². The van der Waals surface area contributed by atoms with Gasteiger partial charge in [0, 0.05) is 11.1 Å². The smallest absolute Gasteiger partial charge is 0.267 e. The van der Waals surface area contributed by atoms with E-state index in [1.54, 1.807) is 24.3 Å². The maximum absolute atomic E-state index is 13.2. The lowest BCUT2D eigenvalue weighted by atomic mass is 10.1.